The lowest BCUT2D eigenvalue weighted by atomic mass is 9.94. The first-order valence-electron chi connectivity index (χ1n) is 8.96. The van der Waals surface area contributed by atoms with Crippen molar-refractivity contribution in [1.82, 2.24) is 9.88 Å². The molecule has 27 heavy (non-hydrogen) atoms. The lowest BCUT2D eigenvalue weighted by molar-refractivity contribution is 0.0711. The number of ketones is 1. The quantitative estimate of drug-likeness (QED) is 0.757. The van der Waals surface area contributed by atoms with Crippen LogP contribution in [0.1, 0.15) is 45.1 Å². The van der Waals surface area contributed by atoms with E-state index in [9.17, 15) is 9.59 Å². The monoisotopic (exact) mass is 407 g/mol. The van der Waals surface area contributed by atoms with Crippen molar-refractivity contribution in [3.63, 3.8) is 0 Å². The maximum atomic E-state index is 12.9. The highest BCUT2D eigenvalue weighted by Gasteiger charge is 2.32. The Kier molecular flexibility index (Phi) is 4.86. The molecule has 1 fully saturated rings. The van der Waals surface area contributed by atoms with Crippen LogP contribution in [0, 0.1) is 6.92 Å². The number of rotatable bonds is 2. The number of aromatic nitrogens is 1. The van der Waals surface area contributed by atoms with Crippen LogP contribution in [0.2, 0.25) is 10.0 Å². The number of hydrogen-bond acceptors (Lipinski definition) is 5. The molecule has 4 rings (SSSR count). The van der Waals surface area contributed by atoms with E-state index in [1.807, 2.05) is 4.90 Å². The molecule has 0 bridgehead atoms. The summed E-state index contributed by atoms with van der Waals surface area (Å²) in [4.78, 5) is 33.2. The maximum Gasteiger partial charge on any atom is 0.289 e. The number of aryl methyl sites for hydroxylation is 1. The van der Waals surface area contributed by atoms with Gasteiger partial charge in [-0.3, -0.25) is 9.59 Å². The fourth-order valence-electron chi connectivity index (χ4n) is 3.76. The highest BCUT2D eigenvalue weighted by Crippen LogP contribution is 2.31. The van der Waals surface area contributed by atoms with Gasteiger partial charge in [0, 0.05) is 50.8 Å². The minimum atomic E-state index is -0.162. The van der Waals surface area contributed by atoms with Crippen LogP contribution in [0.5, 0.6) is 0 Å². The van der Waals surface area contributed by atoms with Gasteiger partial charge in [-0.25, -0.2) is 4.98 Å². The van der Waals surface area contributed by atoms with Crippen LogP contribution in [0.25, 0.3) is 0 Å². The van der Waals surface area contributed by atoms with Crippen molar-refractivity contribution in [2.24, 2.45) is 0 Å². The van der Waals surface area contributed by atoms with E-state index >= 15 is 0 Å². The number of Topliss-reactive ketones (excluding diaryl/α,β-unsaturated/α-hetero) is 1. The second-order valence-electron chi connectivity index (χ2n) is 6.87. The molecule has 1 amide bonds. The highest BCUT2D eigenvalue weighted by molar-refractivity contribution is 6.36. The van der Waals surface area contributed by atoms with Crippen molar-refractivity contribution >= 4 is 40.7 Å². The Labute approximate surface area is 167 Å². The number of amides is 1. The maximum absolute atomic E-state index is 12.9. The van der Waals surface area contributed by atoms with Crippen molar-refractivity contribution < 1.29 is 14.0 Å². The van der Waals surface area contributed by atoms with Crippen molar-refractivity contribution in [2.75, 3.05) is 31.1 Å². The number of furan rings is 1. The molecule has 0 N–H and O–H groups in total. The number of hydrogen-bond donors (Lipinski definition) is 0. The molecule has 142 valence electrons. The summed E-state index contributed by atoms with van der Waals surface area (Å²) in [5.41, 5.74) is 1.28. The number of halogens is 2. The van der Waals surface area contributed by atoms with Crippen LogP contribution in [0.15, 0.2) is 16.7 Å². The summed E-state index contributed by atoms with van der Waals surface area (Å²) < 4.78 is 5.79. The van der Waals surface area contributed by atoms with E-state index < -0.39 is 0 Å². The van der Waals surface area contributed by atoms with Gasteiger partial charge in [0.25, 0.3) is 5.91 Å². The van der Waals surface area contributed by atoms with E-state index in [4.69, 9.17) is 27.6 Å². The zero-order chi connectivity index (χ0) is 19.1. The summed E-state index contributed by atoms with van der Waals surface area (Å²) in [5.74, 6) is 1.53. The van der Waals surface area contributed by atoms with E-state index in [1.54, 1.807) is 24.1 Å². The molecule has 1 saturated heterocycles. The topological polar surface area (TPSA) is 66.7 Å². The molecule has 8 heteroatoms. The second kappa shape index (κ2) is 7.17. The van der Waals surface area contributed by atoms with Crippen molar-refractivity contribution in [3.05, 3.63) is 45.0 Å². The second-order valence-corrected chi connectivity index (χ2v) is 7.71. The van der Waals surface area contributed by atoms with E-state index in [2.05, 4.69) is 4.98 Å². The van der Waals surface area contributed by atoms with Crippen LogP contribution in [-0.4, -0.2) is 47.8 Å². The molecule has 2 aromatic rings. The Hall–Kier alpha value is -2.05. The van der Waals surface area contributed by atoms with E-state index in [0.29, 0.717) is 77.5 Å². The molecule has 2 aromatic heterocycles. The lowest BCUT2D eigenvalue weighted by Crippen LogP contribution is -2.49. The minimum absolute atomic E-state index is 0.0739. The Morgan fingerprint density at radius 2 is 1.93 bits per heavy atom. The zero-order valence-corrected chi connectivity index (χ0v) is 16.4. The number of carbonyl (C=O) groups is 2. The van der Waals surface area contributed by atoms with Gasteiger partial charge in [-0.15, -0.1) is 0 Å². The third kappa shape index (κ3) is 3.32. The zero-order valence-electron chi connectivity index (χ0n) is 14.9. The first kappa shape index (κ1) is 18.3. The van der Waals surface area contributed by atoms with Gasteiger partial charge in [0.1, 0.15) is 11.6 Å². The summed E-state index contributed by atoms with van der Waals surface area (Å²) in [7, 11) is 0. The largest absolute Gasteiger partial charge is 0.455 e. The normalized spacial score (nSPS) is 17.2. The van der Waals surface area contributed by atoms with Crippen molar-refractivity contribution in [2.45, 2.75) is 26.2 Å². The SMILES string of the molecule is Cc1c(C(=O)N2CCN(c3ncc(Cl)cc3Cl)CC2)oc2c1C(=O)CCC2. The Morgan fingerprint density at radius 3 is 2.59 bits per heavy atom. The van der Waals surface area contributed by atoms with Crippen molar-refractivity contribution in [3.8, 4) is 0 Å². The first-order valence-corrected chi connectivity index (χ1v) is 9.72. The molecule has 0 radical (unpaired) electrons. The van der Waals surface area contributed by atoms with Gasteiger partial charge in [0.15, 0.2) is 11.5 Å². The summed E-state index contributed by atoms with van der Waals surface area (Å²) in [6.45, 7) is 4.07. The molecule has 0 aromatic carbocycles. The number of nitrogens with zero attached hydrogens (tertiary/aromatic N) is 3. The number of fused-ring (bicyclic) bond motifs is 1. The lowest BCUT2D eigenvalue weighted by Gasteiger charge is -2.35. The predicted octanol–water partition coefficient (Wildman–Crippen LogP) is 3.77. The average molecular weight is 408 g/mol. The minimum Gasteiger partial charge on any atom is -0.455 e. The Bertz CT molecular complexity index is 917. The van der Waals surface area contributed by atoms with Gasteiger partial charge in [-0.2, -0.15) is 0 Å². The number of piperazine rings is 1. The fraction of sp³-hybridized carbons (Fsp3) is 0.421. The summed E-state index contributed by atoms with van der Waals surface area (Å²) in [6.07, 6.45) is 3.58. The molecular formula is C19H19Cl2N3O3. The van der Waals surface area contributed by atoms with Crippen molar-refractivity contribution in [1.29, 1.82) is 0 Å². The molecular weight excluding hydrogens is 389 g/mol. The van der Waals surface area contributed by atoms with Gasteiger partial charge in [0.05, 0.1) is 15.6 Å². The third-order valence-corrected chi connectivity index (χ3v) is 5.64. The molecule has 1 aliphatic carbocycles. The molecule has 2 aliphatic rings. The molecule has 0 atom stereocenters. The molecule has 0 spiro atoms. The van der Waals surface area contributed by atoms with Gasteiger partial charge in [-0.05, 0) is 19.4 Å². The van der Waals surface area contributed by atoms with Crippen LogP contribution in [-0.2, 0) is 6.42 Å². The average Bonchev–Trinajstić information content (AvgIpc) is 2.99. The predicted molar refractivity (Wildman–Crippen MR) is 103 cm³/mol. The molecule has 6 nitrogen and oxygen atoms in total. The summed E-state index contributed by atoms with van der Waals surface area (Å²) in [6, 6.07) is 1.66. The molecule has 3 heterocycles. The van der Waals surface area contributed by atoms with Gasteiger partial charge in [-0.1, -0.05) is 23.2 Å². The van der Waals surface area contributed by atoms with Crippen LogP contribution >= 0.6 is 23.2 Å². The first-order chi connectivity index (χ1) is 13.0. The summed E-state index contributed by atoms with van der Waals surface area (Å²) >= 11 is 12.1. The number of carbonyl (C=O) groups excluding carboxylic acids is 2. The summed E-state index contributed by atoms with van der Waals surface area (Å²) in [5, 5.41) is 0.986. The third-order valence-electron chi connectivity index (χ3n) is 5.16. The van der Waals surface area contributed by atoms with Gasteiger partial charge >= 0.3 is 0 Å². The number of pyridine rings is 1. The Morgan fingerprint density at radius 1 is 1.19 bits per heavy atom. The fourth-order valence-corrected chi connectivity index (χ4v) is 4.26. The number of anilines is 1. The van der Waals surface area contributed by atoms with Gasteiger partial charge in [0.2, 0.25) is 0 Å². The van der Waals surface area contributed by atoms with Gasteiger partial charge < -0.3 is 14.2 Å². The standard InChI is InChI=1S/C19H19Cl2N3O3/c1-11-16-14(25)3-2-4-15(16)27-17(11)19(26)24-7-5-23(6-8-24)18-13(21)9-12(20)10-22-18/h9-10H,2-8H2,1H3. The highest BCUT2D eigenvalue weighted by atomic mass is 35.5. The van der Waals surface area contributed by atoms with Crippen LogP contribution < -0.4 is 4.90 Å². The van der Waals surface area contributed by atoms with E-state index in [1.165, 1.54) is 0 Å². The molecule has 0 unspecified atom stereocenters. The smallest absolute Gasteiger partial charge is 0.289 e. The molecule has 1 aliphatic heterocycles. The van der Waals surface area contributed by atoms with Crippen LogP contribution in [0.3, 0.4) is 0 Å². The Balaban J connectivity index is 1.49. The molecule has 0 saturated carbocycles. The van der Waals surface area contributed by atoms with Crippen LogP contribution in [0.4, 0.5) is 5.82 Å². The van der Waals surface area contributed by atoms with E-state index in [0.717, 1.165) is 6.42 Å². The van der Waals surface area contributed by atoms with E-state index in [-0.39, 0.29) is 11.7 Å².